The number of hydrogen-bond acceptors (Lipinski definition) is 0. The van der Waals surface area contributed by atoms with E-state index < -0.39 is 0 Å². The van der Waals surface area contributed by atoms with Crippen LogP contribution < -0.4 is 0 Å². The molecular formula is C16H10Br2N2. The van der Waals surface area contributed by atoms with Crippen molar-refractivity contribution in [2.24, 2.45) is 0 Å². The minimum atomic E-state index is 1.09. The maximum Gasteiger partial charge on any atom is 0.0630 e. The Kier molecular flexibility index (Phi) is 2.75. The summed E-state index contributed by atoms with van der Waals surface area (Å²) in [5.41, 5.74) is 4.49. The van der Waals surface area contributed by atoms with Crippen molar-refractivity contribution in [1.82, 2.24) is 9.97 Å². The molecule has 0 radical (unpaired) electrons. The summed E-state index contributed by atoms with van der Waals surface area (Å²) in [4.78, 5) is 6.90. The smallest absolute Gasteiger partial charge is 0.0630 e. The molecule has 0 saturated heterocycles. The number of aromatic nitrogens is 2. The van der Waals surface area contributed by atoms with Gasteiger partial charge in [-0.2, -0.15) is 0 Å². The number of halogens is 2. The molecule has 2 heterocycles. The van der Waals surface area contributed by atoms with Crippen LogP contribution in [0.4, 0.5) is 0 Å². The first-order chi connectivity index (χ1) is 9.69. The van der Waals surface area contributed by atoms with Crippen LogP contribution in [0.2, 0.25) is 0 Å². The van der Waals surface area contributed by atoms with Crippen LogP contribution in [-0.2, 0) is 0 Å². The lowest BCUT2D eigenvalue weighted by Crippen LogP contribution is -1.75. The number of fused-ring (bicyclic) bond motifs is 2. The topological polar surface area (TPSA) is 31.6 Å². The molecular weight excluding hydrogens is 380 g/mol. The van der Waals surface area contributed by atoms with Crippen LogP contribution in [0, 0.1) is 0 Å². The quantitative estimate of drug-likeness (QED) is 0.409. The number of hydrogen-bond donors (Lipinski definition) is 2. The molecule has 2 aromatic heterocycles. The van der Waals surface area contributed by atoms with Gasteiger partial charge in [0.15, 0.2) is 0 Å². The second-order valence-corrected chi connectivity index (χ2v) is 6.66. The molecule has 0 aliphatic heterocycles. The molecule has 20 heavy (non-hydrogen) atoms. The van der Waals surface area contributed by atoms with Gasteiger partial charge in [0, 0.05) is 30.8 Å². The second-order valence-electron chi connectivity index (χ2n) is 4.83. The summed E-state index contributed by atoms with van der Waals surface area (Å²) in [7, 11) is 0. The van der Waals surface area contributed by atoms with Crippen LogP contribution in [0.15, 0.2) is 57.5 Å². The second kappa shape index (κ2) is 4.50. The van der Waals surface area contributed by atoms with E-state index in [-0.39, 0.29) is 0 Å². The van der Waals surface area contributed by atoms with Gasteiger partial charge >= 0.3 is 0 Å². The van der Waals surface area contributed by atoms with E-state index in [1.54, 1.807) is 0 Å². The van der Waals surface area contributed by atoms with Gasteiger partial charge in [0.2, 0.25) is 0 Å². The predicted octanol–water partition coefficient (Wildman–Crippen LogP) is 5.84. The Balaban J connectivity index is 1.91. The van der Waals surface area contributed by atoms with Crippen molar-refractivity contribution < 1.29 is 0 Å². The largest absolute Gasteiger partial charge is 0.353 e. The van der Waals surface area contributed by atoms with Crippen molar-refractivity contribution in [2.45, 2.75) is 0 Å². The Morgan fingerprint density at radius 1 is 0.600 bits per heavy atom. The van der Waals surface area contributed by atoms with E-state index in [4.69, 9.17) is 0 Å². The van der Waals surface area contributed by atoms with Crippen LogP contribution in [0.1, 0.15) is 0 Å². The number of rotatable bonds is 1. The minimum absolute atomic E-state index is 1.09. The zero-order valence-corrected chi connectivity index (χ0v) is 13.5. The lowest BCUT2D eigenvalue weighted by molar-refractivity contribution is 1.38. The van der Waals surface area contributed by atoms with E-state index in [1.807, 2.05) is 12.1 Å². The number of aromatic amines is 2. The van der Waals surface area contributed by atoms with Gasteiger partial charge < -0.3 is 9.97 Å². The van der Waals surface area contributed by atoms with E-state index in [0.29, 0.717) is 0 Å². The molecule has 0 fully saturated rings. The van der Waals surface area contributed by atoms with Gasteiger partial charge in [0.1, 0.15) is 0 Å². The Morgan fingerprint density at radius 3 is 1.50 bits per heavy atom. The lowest BCUT2D eigenvalue weighted by atomic mass is 10.2. The van der Waals surface area contributed by atoms with Gasteiger partial charge in [-0.15, -0.1) is 0 Å². The maximum absolute atomic E-state index is 3.51. The van der Waals surface area contributed by atoms with Gasteiger partial charge in [0.05, 0.1) is 11.4 Å². The van der Waals surface area contributed by atoms with E-state index in [1.165, 1.54) is 10.8 Å². The summed E-state index contributed by atoms with van der Waals surface area (Å²) in [6.45, 7) is 0. The molecule has 98 valence electrons. The first-order valence-electron chi connectivity index (χ1n) is 6.26. The lowest BCUT2D eigenvalue weighted by Gasteiger charge is -1.91. The molecule has 4 aromatic rings. The molecule has 0 aliphatic rings. The van der Waals surface area contributed by atoms with Gasteiger partial charge in [0.25, 0.3) is 0 Å². The molecule has 4 heteroatoms. The van der Waals surface area contributed by atoms with E-state index in [0.717, 1.165) is 31.4 Å². The van der Waals surface area contributed by atoms with Gasteiger partial charge in [-0.05, 0) is 48.5 Å². The summed E-state index contributed by atoms with van der Waals surface area (Å²) in [6.07, 6.45) is 0. The average molecular weight is 390 g/mol. The highest BCUT2D eigenvalue weighted by Crippen LogP contribution is 2.29. The van der Waals surface area contributed by atoms with Crippen molar-refractivity contribution >= 4 is 53.7 Å². The Labute approximate surface area is 132 Å². The molecule has 0 atom stereocenters. The highest BCUT2D eigenvalue weighted by atomic mass is 79.9. The molecule has 0 amide bonds. The number of H-pyrrole nitrogens is 2. The zero-order valence-electron chi connectivity index (χ0n) is 10.4. The van der Waals surface area contributed by atoms with Gasteiger partial charge in [-0.3, -0.25) is 0 Å². The average Bonchev–Trinajstić information content (AvgIpc) is 3.00. The number of nitrogens with one attached hydrogen (secondary N) is 2. The van der Waals surface area contributed by atoms with E-state index >= 15 is 0 Å². The summed E-state index contributed by atoms with van der Waals surface area (Å²) in [5, 5.41) is 2.41. The van der Waals surface area contributed by atoms with Crippen LogP contribution >= 0.6 is 31.9 Å². The molecule has 2 aromatic carbocycles. The normalized spacial score (nSPS) is 11.5. The summed E-state index contributed by atoms with van der Waals surface area (Å²) >= 11 is 7.01. The van der Waals surface area contributed by atoms with Crippen molar-refractivity contribution in [1.29, 1.82) is 0 Å². The van der Waals surface area contributed by atoms with E-state index in [9.17, 15) is 0 Å². The first-order valence-corrected chi connectivity index (χ1v) is 7.84. The molecule has 4 rings (SSSR count). The third-order valence-corrected chi connectivity index (χ3v) is 4.44. The van der Waals surface area contributed by atoms with Crippen molar-refractivity contribution in [2.75, 3.05) is 0 Å². The van der Waals surface area contributed by atoms with Crippen molar-refractivity contribution in [3.05, 3.63) is 57.5 Å². The number of benzene rings is 2. The Hall–Kier alpha value is -1.52. The van der Waals surface area contributed by atoms with Crippen molar-refractivity contribution in [3.8, 4) is 11.4 Å². The van der Waals surface area contributed by atoms with Gasteiger partial charge in [-0.25, -0.2) is 0 Å². The molecule has 0 spiro atoms. The standard InChI is InChI=1S/C16H10Br2N2/c17-11-1-3-13-9(5-11)7-15(19-13)16-8-10-6-12(18)2-4-14(10)20-16/h1-8,19-20H. The van der Waals surface area contributed by atoms with Crippen LogP contribution in [-0.4, -0.2) is 9.97 Å². The Bertz CT molecular complexity index is 856. The summed E-state index contributed by atoms with van der Waals surface area (Å²) < 4.78 is 2.19. The molecule has 0 unspecified atom stereocenters. The maximum atomic E-state index is 3.51. The third-order valence-electron chi connectivity index (χ3n) is 3.46. The van der Waals surface area contributed by atoms with Crippen molar-refractivity contribution in [3.63, 3.8) is 0 Å². The first kappa shape index (κ1) is 12.2. The molecule has 0 bridgehead atoms. The van der Waals surface area contributed by atoms with E-state index in [2.05, 4.69) is 78.2 Å². The monoisotopic (exact) mass is 388 g/mol. The van der Waals surface area contributed by atoms with Crippen LogP contribution in [0.25, 0.3) is 33.2 Å². The predicted molar refractivity (Wildman–Crippen MR) is 91.0 cm³/mol. The third kappa shape index (κ3) is 2.00. The fraction of sp³-hybridized carbons (Fsp3) is 0. The summed E-state index contributed by atoms with van der Waals surface area (Å²) in [5.74, 6) is 0. The van der Waals surface area contributed by atoms with Gasteiger partial charge in [-0.1, -0.05) is 31.9 Å². The molecule has 0 saturated carbocycles. The van der Waals surface area contributed by atoms with Crippen LogP contribution in [0.5, 0.6) is 0 Å². The van der Waals surface area contributed by atoms with Crippen LogP contribution in [0.3, 0.4) is 0 Å². The fourth-order valence-corrected chi connectivity index (χ4v) is 3.25. The fourth-order valence-electron chi connectivity index (χ4n) is 2.50. The Morgan fingerprint density at radius 2 is 1.05 bits per heavy atom. The SMILES string of the molecule is Brc1ccc2[nH]c(-c3cc4cc(Br)ccc4[nH]3)cc2c1. The summed E-state index contributed by atoms with van der Waals surface area (Å²) in [6, 6.07) is 16.8. The highest BCUT2D eigenvalue weighted by molar-refractivity contribution is 9.10. The highest BCUT2D eigenvalue weighted by Gasteiger charge is 2.07. The minimum Gasteiger partial charge on any atom is -0.353 e. The zero-order chi connectivity index (χ0) is 13.7. The molecule has 2 nitrogen and oxygen atoms in total. The molecule has 0 aliphatic carbocycles. The molecule has 2 N–H and O–H groups in total.